The zero-order valence-corrected chi connectivity index (χ0v) is 13.7. The summed E-state index contributed by atoms with van der Waals surface area (Å²) in [6.07, 6.45) is 1.67. The van der Waals surface area contributed by atoms with Crippen molar-refractivity contribution in [1.82, 2.24) is 10.0 Å². The van der Waals surface area contributed by atoms with Crippen molar-refractivity contribution in [2.45, 2.75) is 24.7 Å². The van der Waals surface area contributed by atoms with Gasteiger partial charge in [-0.05, 0) is 37.4 Å². The summed E-state index contributed by atoms with van der Waals surface area (Å²) in [5.41, 5.74) is -0.690. The Bertz CT molecular complexity index is 672. The molecule has 2 N–H and O–H groups in total. The number of rotatable bonds is 5. The Morgan fingerprint density at radius 1 is 1.41 bits per heavy atom. The molecule has 0 aliphatic carbocycles. The van der Waals surface area contributed by atoms with Crippen LogP contribution in [0.4, 0.5) is 5.69 Å². The first kappa shape index (κ1) is 17.1. The first-order valence-electron chi connectivity index (χ1n) is 6.88. The number of hydrogen-bond acceptors (Lipinski definition) is 5. The van der Waals surface area contributed by atoms with Crippen LogP contribution in [0.5, 0.6) is 0 Å². The maximum absolute atomic E-state index is 12.4. The van der Waals surface area contributed by atoms with E-state index in [1.54, 1.807) is 0 Å². The summed E-state index contributed by atoms with van der Waals surface area (Å²) in [6, 6.07) is 3.82. The molecule has 1 fully saturated rings. The van der Waals surface area contributed by atoms with Gasteiger partial charge in [-0.25, -0.2) is 13.1 Å². The summed E-state index contributed by atoms with van der Waals surface area (Å²) >= 11 is 5.88. The highest BCUT2D eigenvalue weighted by atomic mass is 35.5. The van der Waals surface area contributed by atoms with Gasteiger partial charge in [-0.3, -0.25) is 10.1 Å². The molecule has 1 aromatic rings. The van der Waals surface area contributed by atoms with E-state index in [0.717, 1.165) is 32.0 Å². The minimum absolute atomic E-state index is 0.155. The number of benzene rings is 1. The Kier molecular flexibility index (Phi) is 5.06. The summed E-state index contributed by atoms with van der Waals surface area (Å²) in [7, 11) is -4.05. The van der Waals surface area contributed by atoms with E-state index in [2.05, 4.69) is 10.0 Å². The second kappa shape index (κ2) is 6.49. The van der Waals surface area contributed by atoms with Gasteiger partial charge in [0, 0.05) is 12.6 Å². The lowest BCUT2D eigenvalue weighted by Gasteiger charge is -2.34. The van der Waals surface area contributed by atoms with Gasteiger partial charge >= 0.3 is 0 Å². The number of nitro benzene ring substituents is 1. The minimum Gasteiger partial charge on any atom is -0.317 e. The van der Waals surface area contributed by atoms with Crippen molar-refractivity contribution < 1.29 is 13.3 Å². The predicted octanol–water partition coefficient (Wildman–Crippen LogP) is 1.92. The number of sulfonamides is 1. The van der Waals surface area contributed by atoms with E-state index in [1.807, 2.05) is 6.92 Å². The zero-order chi connectivity index (χ0) is 16.4. The third-order valence-corrected chi connectivity index (χ3v) is 5.83. The Hall–Kier alpha value is -1.22. The molecule has 2 rings (SSSR count). The van der Waals surface area contributed by atoms with Crippen molar-refractivity contribution in [3.05, 3.63) is 33.3 Å². The van der Waals surface area contributed by atoms with Crippen molar-refractivity contribution >= 4 is 27.3 Å². The molecule has 22 heavy (non-hydrogen) atoms. The van der Waals surface area contributed by atoms with Crippen molar-refractivity contribution in [2.75, 3.05) is 19.6 Å². The van der Waals surface area contributed by atoms with Gasteiger partial charge in [0.05, 0.1) is 9.95 Å². The first-order valence-corrected chi connectivity index (χ1v) is 8.75. The minimum atomic E-state index is -4.05. The number of halogens is 1. The molecule has 0 aromatic heterocycles. The third-order valence-electron chi connectivity index (χ3n) is 3.91. The Morgan fingerprint density at radius 2 is 2.05 bits per heavy atom. The van der Waals surface area contributed by atoms with Crippen LogP contribution < -0.4 is 10.0 Å². The Labute approximate surface area is 134 Å². The predicted molar refractivity (Wildman–Crippen MR) is 83.5 cm³/mol. The van der Waals surface area contributed by atoms with Gasteiger partial charge in [0.1, 0.15) is 0 Å². The number of hydrogen-bond donors (Lipinski definition) is 2. The fourth-order valence-corrected chi connectivity index (χ4v) is 4.36. The molecular formula is C13H18ClN3O4S. The van der Waals surface area contributed by atoms with Crippen LogP contribution in [0, 0.1) is 15.5 Å². The summed E-state index contributed by atoms with van der Waals surface area (Å²) in [5, 5.41) is 14.1. The Morgan fingerprint density at radius 3 is 2.64 bits per heavy atom. The average Bonchev–Trinajstić information content (AvgIpc) is 2.46. The van der Waals surface area contributed by atoms with Crippen molar-refractivity contribution in [1.29, 1.82) is 0 Å². The fraction of sp³-hybridized carbons (Fsp3) is 0.538. The molecule has 0 unspecified atom stereocenters. The highest BCUT2D eigenvalue weighted by molar-refractivity contribution is 7.89. The highest BCUT2D eigenvalue weighted by Crippen LogP contribution is 2.32. The van der Waals surface area contributed by atoms with E-state index >= 15 is 0 Å². The third kappa shape index (κ3) is 3.75. The molecule has 1 saturated heterocycles. The summed E-state index contributed by atoms with van der Waals surface area (Å²) in [5.74, 6) is 0. The van der Waals surface area contributed by atoms with E-state index in [9.17, 15) is 18.5 Å². The number of nitro groups is 1. The summed E-state index contributed by atoms with van der Waals surface area (Å²) < 4.78 is 27.4. The van der Waals surface area contributed by atoms with Crippen molar-refractivity contribution in [3.63, 3.8) is 0 Å². The van der Waals surface area contributed by atoms with Gasteiger partial charge in [-0.1, -0.05) is 24.6 Å². The van der Waals surface area contributed by atoms with Gasteiger partial charge in [-0.2, -0.15) is 0 Å². The molecule has 0 bridgehead atoms. The lowest BCUT2D eigenvalue weighted by Crippen LogP contribution is -2.43. The van der Waals surface area contributed by atoms with Crippen LogP contribution in [0.2, 0.25) is 5.02 Å². The second-order valence-electron chi connectivity index (χ2n) is 5.73. The molecule has 1 heterocycles. The molecule has 0 radical (unpaired) electrons. The van der Waals surface area contributed by atoms with Crippen LogP contribution in [0.15, 0.2) is 23.1 Å². The number of nitrogens with zero attached hydrogens (tertiary/aromatic N) is 1. The van der Waals surface area contributed by atoms with Crippen LogP contribution >= 0.6 is 11.6 Å². The van der Waals surface area contributed by atoms with Gasteiger partial charge in [0.2, 0.25) is 10.0 Å². The monoisotopic (exact) mass is 347 g/mol. The molecule has 0 saturated carbocycles. The Balaban J connectivity index is 2.26. The SMILES string of the molecule is CC1(CNS(=O)(=O)c2c(Cl)cccc2[N+](=O)[O-])CCNCC1. The summed E-state index contributed by atoms with van der Waals surface area (Å²) in [4.78, 5) is 9.82. The molecule has 1 aliphatic rings. The quantitative estimate of drug-likeness (QED) is 0.626. The van der Waals surface area contributed by atoms with E-state index in [4.69, 9.17) is 11.6 Å². The molecule has 0 atom stereocenters. The maximum atomic E-state index is 12.4. The van der Waals surface area contributed by atoms with E-state index in [0.29, 0.717) is 0 Å². The van der Waals surface area contributed by atoms with Crippen LogP contribution in [0.25, 0.3) is 0 Å². The molecule has 122 valence electrons. The van der Waals surface area contributed by atoms with E-state index < -0.39 is 25.5 Å². The number of nitrogens with one attached hydrogen (secondary N) is 2. The molecule has 0 spiro atoms. The number of piperidine rings is 1. The van der Waals surface area contributed by atoms with E-state index in [1.165, 1.54) is 12.1 Å². The lowest BCUT2D eigenvalue weighted by atomic mass is 9.81. The van der Waals surface area contributed by atoms with Gasteiger partial charge in [0.15, 0.2) is 4.90 Å². The van der Waals surface area contributed by atoms with Crippen molar-refractivity contribution in [2.24, 2.45) is 5.41 Å². The molecule has 7 nitrogen and oxygen atoms in total. The molecule has 9 heteroatoms. The molecule has 1 aromatic carbocycles. The van der Waals surface area contributed by atoms with E-state index in [-0.39, 0.29) is 17.0 Å². The topological polar surface area (TPSA) is 101 Å². The largest absolute Gasteiger partial charge is 0.317 e. The standard InChI is InChI=1S/C13H18ClN3O4S/c1-13(5-7-15-8-6-13)9-16-22(20,21)12-10(14)3-2-4-11(12)17(18)19/h2-4,15-16H,5-9H2,1H3. The van der Waals surface area contributed by atoms with Crippen LogP contribution in [-0.4, -0.2) is 33.0 Å². The maximum Gasteiger partial charge on any atom is 0.290 e. The molecule has 0 amide bonds. The van der Waals surface area contributed by atoms with Crippen LogP contribution in [0.1, 0.15) is 19.8 Å². The summed E-state index contributed by atoms with van der Waals surface area (Å²) in [6.45, 7) is 3.87. The molecule has 1 aliphatic heterocycles. The van der Waals surface area contributed by atoms with Gasteiger partial charge in [-0.15, -0.1) is 0 Å². The smallest absolute Gasteiger partial charge is 0.290 e. The molecular weight excluding hydrogens is 330 g/mol. The van der Waals surface area contributed by atoms with Gasteiger partial charge < -0.3 is 5.32 Å². The van der Waals surface area contributed by atoms with Crippen LogP contribution in [-0.2, 0) is 10.0 Å². The zero-order valence-electron chi connectivity index (χ0n) is 12.1. The normalized spacial score (nSPS) is 18.1. The lowest BCUT2D eigenvalue weighted by molar-refractivity contribution is -0.387. The average molecular weight is 348 g/mol. The fourth-order valence-electron chi connectivity index (χ4n) is 2.46. The second-order valence-corrected chi connectivity index (χ2v) is 7.84. The highest BCUT2D eigenvalue weighted by Gasteiger charge is 2.32. The van der Waals surface area contributed by atoms with Crippen molar-refractivity contribution in [3.8, 4) is 0 Å². The van der Waals surface area contributed by atoms with Gasteiger partial charge in [0.25, 0.3) is 5.69 Å². The van der Waals surface area contributed by atoms with Crippen LogP contribution in [0.3, 0.4) is 0 Å². The first-order chi connectivity index (χ1) is 10.3.